The van der Waals surface area contributed by atoms with E-state index in [-0.39, 0.29) is 5.82 Å². The third-order valence-electron chi connectivity index (χ3n) is 2.92. The fourth-order valence-electron chi connectivity index (χ4n) is 1.88. The van der Waals surface area contributed by atoms with Crippen LogP contribution in [-0.4, -0.2) is 17.0 Å². The number of nitrogens with one attached hydrogen (secondary N) is 1. The Morgan fingerprint density at radius 3 is 2.75 bits per heavy atom. The summed E-state index contributed by atoms with van der Waals surface area (Å²) >= 11 is 0. The van der Waals surface area contributed by atoms with Crippen molar-refractivity contribution in [3.63, 3.8) is 0 Å². The number of aryl methyl sites for hydroxylation is 1. The van der Waals surface area contributed by atoms with Crippen molar-refractivity contribution >= 4 is 17.3 Å². The van der Waals surface area contributed by atoms with Gasteiger partial charge in [0.15, 0.2) is 0 Å². The lowest BCUT2D eigenvalue weighted by molar-refractivity contribution is 0.628. The monoisotopic (exact) mass is 275 g/mol. The lowest BCUT2D eigenvalue weighted by Crippen LogP contribution is -2.16. The number of hydrogen-bond acceptors (Lipinski definition) is 5. The molecule has 2 rings (SSSR count). The topological polar surface area (TPSA) is 67.1 Å². The van der Waals surface area contributed by atoms with Crippen LogP contribution in [-0.2, 0) is 6.42 Å². The van der Waals surface area contributed by atoms with E-state index >= 15 is 0 Å². The molecule has 1 aromatic carbocycles. The van der Waals surface area contributed by atoms with Gasteiger partial charge in [-0.05, 0) is 24.6 Å². The Balaban J connectivity index is 2.37. The minimum absolute atomic E-state index is 0.283. The van der Waals surface area contributed by atoms with E-state index in [1.807, 2.05) is 13.1 Å². The molecule has 0 saturated heterocycles. The summed E-state index contributed by atoms with van der Waals surface area (Å²) in [6, 6.07) is 8.07. The Morgan fingerprint density at radius 1 is 1.30 bits per heavy atom. The van der Waals surface area contributed by atoms with E-state index in [0.717, 1.165) is 12.8 Å². The van der Waals surface area contributed by atoms with E-state index < -0.39 is 0 Å². The number of benzene rings is 1. The molecular weight excluding hydrogens is 257 g/mol. The first kappa shape index (κ1) is 14.2. The van der Waals surface area contributed by atoms with Crippen molar-refractivity contribution in [3.05, 3.63) is 42.0 Å². The molecular formula is C14H18FN5. The Kier molecular flexibility index (Phi) is 4.47. The van der Waals surface area contributed by atoms with Crippen LogP contribution >= 0.6 is 0 Å². The van der Waals surface area contributed by atoms with Crippen molar-refractivity contribution < 1.29 is 4.39 Å². The molecule has 0 spiro atoms. The fourth-order valence-corrected chi connectivity index (χ4v) is 1.88. The van der Waals surface area contributed by atoms with Gasteiger partial charge in [-0.25, -0.2) is 20.2 Å². The molecule has 3 N–H and O–H groups in total. The second kappa shape index (κ2) is 6.29. The van der Waals surface area contributed by atoms with Crippen molar-refractivity contribution in [2.75, 3.05) is 17.4 Å². The van der Waals surface area contributed by atoms with Gasteiger partial charge in [0.2, 0.25) is 0 Å². The van der Waals surface area contributed by atoms with Gasteiger partial charge in [0.1, 0.15) is 23.3 Å². The zero-order valence-electron chi connectivity index (χ0n) is 11.6. The smallest absolute Gasteiger partial charge is 0.145 e. The molecule has 106 valence electrons. The van der Waals surface area contributed by atoms with Gasteiger partial charge < -0.3 is 10.3 Å². The second-order valence-corrected chi connectivity index (χ2v) is 4.46. The standard InChI is InChI=1S/C14H18FN5/c1-3-5-12-17-13(19-16)9-14(18-12)20(2)11-7-4-6-10(15)8-11/h4,6-9H,3,5,16H2,1-2H3,(H,17,18,19). The second-order valence-electron chi connectivity index (χ2n) is 4.46. The molecule has 2 aromatic rings. The summed E-state index contributed by atoms with van der Waals surface area (Å²) in [5, 5.41) is 0. The molecule has 0 bridgehead atoms. The molecule has 1 heterocycles. The number of aromatic nitrogens is 2. The van der Waals surface area contributed by atoms with E-state index in [1.54, 1.807) is 17.0 Å². The third kappa shape index (κ3) is 3.21. The van der Waals surface area contributed by atoms with Gasteiger partial charge >= 0.3 is 0 Å². The molecule has 0 atom stereocenters. The van der Waals surface area contributed by atoms with Gasteiger partial charge in [0, 0.05) is 25.2 Å². The van der Waals surface area contributed by atoms with Gasteiger partial charge in [0.05, 0.1) is 0 Å². The maximum Gasteiger partial charge on any atom is 0.145 e. The predicted molar refractivity (Wildman–Crippen MR) is 78.3 cm³/mol. The molecule has 5 nitrogen and oxygen atoms in total. The average Bonchev–Trinajstić information content (AvgIpc) is 2.46. The minimum Gasteiger partial charge on any atom is -0.329 e. The predicted octanol–water partition coefficient (Wildman–Crippen LogP) is 2.62. The maximum absolute atomic E-state index is 13.3. The number of hydrogen-bond donors (Lipinski definition) is 2. The van der Waals surface area contributed by atoms with Crippen molar-refractivity contribution in [3.8, 4) is 0 Å². The van der Waals surface area contributed by atoms with Crippen LogP contribution in [0.3, 0.4) is 0 Å². The lowest BCUT2D eigenvalue weighted by Gasteiger charge is -2.19. The van der Waals surface area contributed by atoms with E-state index in [9.17, 15) is 4.39 Å². The molecule has 0 saturated carbocycles. The van der Waals surface area contributed by atoms with Gasteiger partial charge in [-0.1, -0.05) is 13.0 Å². The number of halogens is 1. The summed E-state index contributed by atoms with van der Waals surface area (Å²) in [7, 11) is 1.83. The van der Waals surface area contributed by atoms with Crippen LogP contribution in [0.25, 0.3) is 0 Å². The van der Waals surface area contributed by atoms with Gasteiger partial charge in [-0.2, -0.15) is 0 Å². The molecule has 20 heavy (non-hydrogen) atoms. The summed E-state index contributed by atoms with van der Waals surface area (Å²) < 4.78 is 13.3. The number of nitrogen functional groups attached to an aromatic ring is 1. The SMILES string of the molecule is CCCc1nc(NN)cc(N(C)c2cccc(F)c2)n1. The molecule has 0 aliphatic rings. The van der Waals surface area contributed by atoms with Crippen LogP contribution in [0.5, 0.6) is 0 Å². The van der Waals surface area contributed by atoms with Crippen LogP contribution in [0.15, 0.2) is 30.3 Å². The molecule has 0 fully saturated rings. The van der Waals surface area contributed by atoms with E-state index in [2.05, 4.69) is 22.3 Å². The van der Waals surface area contributed by atoms with Crippen LogP contribution in [0.4, 0.5) is 21.7 Å². The molecule has 1 aromatic heterocycles. The maximum atomic E-state index is 13.3. The van der Waals surface area contributed by atoms with Crippen molar-refractivity contribution in [2.24, 2.45) is 5.84 Å². The Hall–Kier alpha value is -2.21. The highest BCUT2D eigenvalue weighted by molar-refractivity contribution is 5.61. The number of nitrogens with zero attached hydrogens (tertiary/aromatic N) is 3. The quantitative estimate of drug-likeness (QED) is 0.648. The van der Waals surface area contributed by atoms with Crippen molar-refractivity contribution in [2.45, 2.75) is 19.8 Å². The van der Waals surface area contributed by atoms with Crippen molar-refractivity contribution in [1.29, 1.82) is 0 Å². The van der Waals surface area contributed by atoms with Gasteiger partial charge in [0.25, 0.3) is 0 Å². The summed E-state index contributed by atoms with van der Waals surface area (Å²) in [4.78, 5) is 10.6. The zero-order valence-corrected chi connectivity index (χ0v) is 11.6. The summed E-state index contributed by atoms with van der Waals surface area (Å²) in [6.07, 6.45) is 1.71. The van der Waals surface area contributed by atoms with Gasteiger partial charge in [-0.15, -0.1) is 0 Å². The molecule has 6 heteroatoms. The number of anilines is 3. The largest absolute Gasteiger partial charge is 0.329 e. The lowest BCUT2D eigenvalue weighted by atomic mass is 10.3. The Bertz CT molecular complexity index is 588. The first-order valence-electron chi connectivity index (χ1n) is 6.48. The Morgan fingerprint density at radius 2 is 2.10 bits per heavy atom. The summed E-state index contributed by atoms with van der Waals surface area (Å²) in [5.74, 6) is 7.07. The Labute approximate surface area is 117 Å². The van der Waals surface area contributed by atoms with Crippen LogP contribution < -0.4 is 16.2 Å². The van der Waals surface area contributed by atoms with E-state index in [4.69, 9.17) is 5.84 Å². The normalized spacial score (nSPS) is 10.4. The zero-order chi connectivity index (χ0) is 14.5. The minimum atomic E-state index is -0.283. The van der Waals surface area contributed by atoms with Crippen LogP contribution in [0.2, 0.25) is 0 Å². The fraction of sp³-hybridized carbons (Fsp3) is 0.286. The highest BCUT2D eigenvalue weighted by atomic mass is 19.1. The number of hydrazine groups is 1. The molecule has 0 aliphatic heterocycles. The van der Waals surface area contributed by atoms with Crippen LogP contribution in [0, 0.1) is 5.82 Å². The van der Waals surface area contributed by atoms with Crippen LogP contribution in [0.1, 0.15) is 19.2 Å². The van der Waals surface area contributed by atoms with E-state index in [0.29, 0.717) is 23.1 Å². The first-order valence-corrected chi connectivity index (χ1v) is 6.48. The summed E-state index contributed by atoms with van der Waals surface area (Å²) in [6.45, 7) is 2.06. The van der Waals surface area contributed by atoms with E-state index in [1.165, 1.54) is 12.1 Å². The summed E-state index contributed by atoms with van der Waals surface area (Å²) in [5.41, 5.74) is 3.25. The number of rotatable bonds is 5. The molecule has 0 radical (unpaired) electrons. The molecule has 0 amide bonds. The number of nitrogens with two attached hydrogens (primary N) is 1. The average molecular weight is 275 g/mol. The highest BCUT2D eigenvalue weighted by Crippen LogP contribution is 2.24. The third-order valence-corrected chi connectivity index (χ3v) is 2.92. The van der Waals surface area contributed by atoms with Crippen molar-refractivity contribution in [1.82, 2.24) is 9.97 Å². The first-order chi connectivity index (χ1) is 9.63. The highest BCUT2D eigenvalue weighted by Gasteiger charge is 2.10. The molecule has 0 unspecified atom stereocenters. The van der Waals surface area contributed by atoms with Gasteiger partial charge in [-0.3, -0.25) is 0 Å². The molecule has 0 aliphatic carbocycles.